The van der Waals surface area contributed by atoms with Crippen LogP contribution in [0.4, 0.5) is 0 Å². The Labute approximate surface area is 94.1 Å². The van der Waals surface area contributed by atoms with Crippen LogP contribution in [0.2, 0.25) is 10.0 Å². The molecule has 0 spiro atoms. The molecule has 1 N–H and O–H groups in total. The molecular formula is C10H13Cl2NO. The second-order valence-electron chi connectivity index (χ2n) is 2.94. The Morgan fingerprint density at radius 2 is 2.14 bits per heavy atom. The van der Waals surface area contributed by atoms with Crippen LogP contribution >= 0.6 is 23.2 Å². The summed E-state index contributed by atoms with van der Waals surface area (Å²) in [4.78, 5) is 5.09. The van der Waals surface area contributed by atoms with Gasteiger partial charge >= 0.3 is 0 Å². The monoisotopic (exact) mass is 233 g/mol. The molecule has 0 aliphatic heterocycles. The Balaban J connectivity index is 2.77. The van der Waals surface area contributed by atoms with E-state index < -0.39 is 0 Å². The van der Waals surface area contributed by atoms with Crippen LogP contribution in [0.25, 0.3) is 0 Å². The molecule has 0 aliphatic carbocycles. The molecule has 1 atom stereocenters. The van der Waals surface area contributed by atoms with E-state index in [2.05, 4.69) is 5.48 Å². The standard InChI is InChI=1S/C10H13Cl2NO/c1-3-14-13-7(2)9-6-8(11)4-5-10(9)12/h4-7,13H,3H2,1-2H3. The first-order valence-corrected chi connectivity index (χ1v) is 5.23. The molecule has 0 saturated carbocycles. The molecule has 0 amide bonds. The third kappa shape index (κ3) is 3.14. The minimum absolute atomic E-state index is 0.0288. The molecule has 0 radical (unpaired) electrons. The van der Waals surface area contributed by atoms with Crippen LogP contribution in [0, 0.1) is 0 Å². The highest BCUT2D eigenvalue weighted by molar-refractivity contribution is 6.33. The average Bonchev–Trinajstić information content (AvgIpc) is 2.18. The molecule has 1 rings (SSSR count). The van der Waals surface area contributed by atoms with Gasteiger partial charge in [-0.15, -0.1) is 0 Å². The van der Waals surface area contributed by atoms with Crippen LogP contribution in [0.1, 0.15) is 25.5 Å². The van der Waals surface area contributed by atoms with Crippen LogP contribution < -0.4 is 5.48 Å². The van der Waals surface area contributed by atoms with E-state index >= 15 is 0 Å². The van der Waals surface area contributed by atoms with Gasteiger partial charge in [-0.2, -0.15) is 5.48 Å². The zero-order chi connectivity index (χ0) is 10.6. The van der Waals surface area contributed by atoms with Gasteiger partial charge in [-0.1, -0.05) is 23.2 Å². The zero-order valence-corrected chi connectivity index (χ0v) is 9.69. The van der Waals surface area contributed by atoms with E-state index in [1.165, 1.54) is 0 Å². The summed E-state index contributed by atoms with van der Waals surface area (Å²) in [6.45, 7) is 4.50. The predicted octanol–water partition coefficient (Wildman–Crippen LogP) is 3.60. The van der Waals surface area contributed by atoms with E-state index in [-0.39, 0.29) is 6.04 Å². The van der Waals surface area contributed by atoms with E-state index in [9.17, 15) is 0 Å². The fourth-order valence-corrected chi connectivity index (χ4v) is 1.58. The SMILES string of the molecule is CCONC(C)c1cc(Cl)ccc1Cl. The highest BCUT2D eigenvalue weighted by Gasteiger charge is 2.09. The van der Waals surface area contributed by atoms with Crippen molar-refractivity contribution >= 4 is 23.2 Å². The summed E-state index contributed by atoms with van der Waals surface area (Å²) in [5, 5.41) is 1.36. The van der Waals surface area contributed by atoms with Crippen molar-refractivity contribution in [1.82, 2.24) is 5.48 Å². The van der Waals surface area contributed by atoms with Crippen LogP contribution in [0.15, 0.2) is 18.2 Å². The molecular weight excluding hydrogens is 221 g/mol. The van der Waals surface area contributed by atoms with Crippen molar-refractivity contribution in [2.75, 3.05) is 6.61 Å². The number of hydrogen-bond donors (Lipinski definition) is 1. The summed E-state index contributed by atoms with van der Waals surface area (Å²) in [5.41, 5.74) is 3.81. The van der Waals surface area contributed by atoms with Gasteiger partial charge in [0.15, 0.2) is 0 Å². The van der Waals surface area contributed by atoms with Crippen molar-refractivity contribution < 1.29 is 4.84 Å². The van der Waals surface area contributed by atoms with Crippen molar-refractivity contribution in [2.45, 2.75) is 19.9 Å². The molecule has 0 saturated heterocycles. The van der Waals surface area contributed by atoms with Gasteiger partial charge in [0.05, 0.1) is 12.6 Å². The Kier molecular flexibility index (Phi) is 4.69. The van der Waals surface area contributed by atoms with Gasteiger partial charge in [-0.25, -0.2) is 0 Å². The van der Waals surface area contributed by atoms with E-state index in [0.717, 1.165) is 5.56 Å². The lowest BCUT2D eigenvalue weighted by molar-refractivity contribution is 0.0285. The fraction of sp³-hybridized carbons (Fsp3) is 0.400. The third-order valence-electron chi connectivity index (χ3n) is 1.83. The second kappa shape index (κ2) is 5.56. The topological polar surface area (TPSA) is 21.3 Å². The maximum atomic E-state index is 6.02. The Bertz CT molecular complexity index is 304. The smallest absolute Gasteiger partial charge is 0.0654 e. The van der Waals surface area contributed by atoms with Crippen LogP contribution in [-0.4, -0.2) is 6.61 Å². The number of nitrogens with one attached hydrogen (secondary N) is 1. The summed E-state index contributed by atoms with van der Waals surface area (Å²) < 4.78 is 0. The maximum absolute atomic E-state index is 6.02. The van der Waals surface area contributed by atoms with E-state index in [0.29, 0.717) is 16.7 Å². The first-order chi connectivity index (χ1) is 6.65. The van der Waals surface area contributed by atoms with Crippen molar-refractivity contribution in [3.63, 3.8) is 0 Å². The van der Waals surface area contributed by atoms with Gasteiger partial charge in [0.2, 0.25) is 0 Å². The van der Waals surface area contributed by atoms with Gasteiger partial charge < -0.3 is 4.84 Å². The molecule has 4 heteroatoms. The molecule has 0 heterocycles. The quantitative estimate of drug-likeness (QED) is 0.803. The third-order valence-corrected chi connectivity index (χ3v) is 2.41. The normalized spacial score (nSPS) is 12.9. The fourth-order valence-electron chi connectivity index (χ4n) is 1.12. The summed E-state index contributed by atoms with van der Waals surface area (Å²) in [6.07, 6.45) is 0. The van der Waals surface area contributed by atoms with Gasteiger partial charge in [-0.3, -0.25) is 0 Å². The minimum Gasteiger partial charge on any atom is -0.302 e. The highest BCUT2D eigenvalue weighted by atomic mass is 35.5. The minimum atomic E-state index is 0.0288. The first-order valence-electron chi connectivity index (χ1n) is 4.47. The summed E-state index contributed by atoms with van der Waals surface area (Å²) >= 11 is 11.9. The predicted molar refractivity (Wildman–Crippen MR) is 59.6 cm³/mol. The highest BCUT2D eigenvalue weighted by Crippen LogP contribution is 2.25. The Morgan fingerprint density at radius 1 is 1.43 bits per heavy atom. The summed E-state index contributed by atoms with van der Waals surface area (Å²) in [6, 6.07) is 5.41. The van der Waals surface area contributed by atoms with Crippen molar-refractivity contribution in [3.05, 3.63) is 33.8 Å². The van der Waals surface area contributed by atoms with E-state index in [4.69, 9.17) is 28.0 Å². The van der Waals surface area contributed by atoms with Crippen LogP contribution in [0.3, 0.4) is 0 Å². The molecule has 0 bridgehead atoms. The summed E-state index contributed by atoms with van der Waals surface area (Å²) in [5.74, 6) is 0. The molecule has 1 unspecified atom stereocenters. The average molecular weight is 234 g/mol. The lowest BCUT2D eigenvalue weighted by Crippen LogP contribution is -2.19. The van der Waals surface area contributed by atoms with E-state index in [1.807, 2.05) is 19.9 Å². The number of halogens is 2. The van der Waals surface area contributed by atoms with Gasteiger partial charge in [0.25, 0.3) is 0 Å². The number of hydroxylamine groups is 1. The molecule has 0 aliphatic rings. The second-order valence-corrected chi connectivity index (χ2v) is 3.78. The lowest BCUT2D eigenvalue weighted by atomic mass is 10.1. The van der Waals surface area contributed by atoms with Crippen LogP contribution in [0.5, 0.6) is 0 Å². The first kappa shape index (κ1) is 11.8. The molecule has 1 aromatic carbocycles. The van der Waals surface area contributed by atoms with Crippen LogP contribution in [-0.2, 0) is 4.84 Å². The number of rotatable bonds is 4. The molecule has 0 fully saturated rings. The van der Waals surface area contributed by atoms with Crippen molar-refractivity contribution in [1.29, 1.82) is 0 Å². The molecule has 78 valence electrons. The van der Waals surface area contributed by atoms with Crippen molar-refractivity contribution in [2.24, 2.45) is 0 Å². The molecule has 2 nitrogen and oxygen atoms in total. The Morgan fingerprint density at radius 3 is 2.79 bits per heavy atom. The maximum Gasteiger partial charge on any atom is 0.0654 e. The largest absolute Gasteiger partial charge is 0.302 e. The molecule has 1 aromatic rings. The molecule has 14 heavy (non-hydrogen) atoms. The van der Waals surface area contributed by atoms with Gasteiger partial charge in [0, 0.05) is 10.0 Å². The lowest BCUT2D eigenvalue weighted by Gasteiger charge is -2.14. The number of benzene rings is 1. The molecule has 0 aromatic heterocycles. The number of hydrogen-bond acceptors (Lipinski definition) is 2. The van der Waals surface area contributed by atoms with Gasteiger partial charge in [0.1, 0.15) is 0 Å². The van der Waals surface area contributed by atoms with Crippen molar-refractivity contribution in [3.8, 4) is 0 Å². The zero-order valence-electron chi connectivity index (χ0n) is 8.18. The Hall–Kier alpha value is -0.280. The van der Waals surface area contributed by atoms with E-state index in [1.54, 1.807) is 12.1 Å². The summed E-state index contributed by atoms with van der Waals surface area (Å²) in [7, 11) is 0. The van der Waals surface area contributed by atoms with Gasteiger partial charge in [-0.05, 0) is 37.6 Å².